The summed E-state index contributed by atoms with van der Waals surface area (Å²) in [6.07, 6.45) is 1.17. The van der Waals surface area contributed by atoms with E-state index in [9.17, 15) is 8.42 Å². The van der Waals surface area contributed by atoms with Crippen molar-refractivity contribution in [2.45, 2.75) is 25.3 Å². The molecule has 0 fully saturated rings. The van der Waals surface area contributed by atoms with E-state index in [1.807, 2.05) is 13.8 Å². The van der Waals surface area contributed by atoms with Gasteiger partial charge in [-0.05, 0) is 12.1 Å². The summed E-state index contributed by atoms with van der Waals surface area (Å²) in [7, 11) is -3.30. The van der Waals surface area contributed by atoms with Crippen LogP contribution in [0.5, 0.6) is 0 Å². The summed E-state index contributed by atoms with van der Waals surface area (Å²) in [6, 6.07) is 4.85. The van der Waals surface area contributed by atoms with Gasteiger partial charge in [-0.3, -0.25) is 0 Å². The van der Waals surface area contributed by atoms with E-state index in [0.29, 0.717) is 23.7 Å². The number of hydrogen-bond donors (Lipinski definition) is 2. The smallest absolute Gasteiger partial charge is 0.175 e. The maximum Gasteiger partial charge on any atom is 0.175 e. The van der Waals surface area contributed by atoms with E-state index in [2.05, 4.69) is 5.32 Å². The first-order valence-corrected chi connectivity index (χ1v) is 8.23. The second-order valence-electron chi connectivity index (χ2n) is 5.41. The van der Waals surface area contributed by atoms with Gasteiger partial charge in [0.05, 0.1) is 4.90 Å². The van der Waals surface area contributed by atoms with Crippen LogP contribution in [0.4, 0.5) is 0 Å². The fourth-order valence-electron chi connectivity index (χ4n) is 1.64. The highest BCUT2D eigenvalue weighted by Crippen LogP contribution is 2.24. The first-order valence-electron chi connectivity index (χ1n) is 5.96. The van der Waals surface area contributed by atoms with E-state index in [4.69, 9.17) is 16.7 Å². The Balaban J connectivity index is 2.90. The molecule has 1 aromatic carbocycles. The minimum Gasteiger partial charge on any atom is -0.396 e. The average molecular weight is 306 g/mol. The van der Waals surface area contributed by atoms with E-state index in [-0.39, 0.29) is 16.9 Å². The average Bonchev–Trinajstić information content (AvgIpc) is 2.29. The van der Waals surface area contributed by atoms with Crippen molar-refractivity contribution in [2.24, 2.45) is 5.41 Å². The molecule has 0 heterocycles. The molecule has 0 aliphatic heterocycles. The Morgan fingerprint density at radius 2 is 2.00 bits per heavy atom. The van der Waals surface area contributed by atoms with Crippen molar-refractivity contribution < 1.29 is 13.5 Å². The SMILES string of the molecule is CC(C)(CO)CNCc1c(Cl)cccc1S(C)(=O)=O. The fraction of sp³-hybridized carbons (Fsp3) is 0.538. The van der Waals surface area contributed by atoms with Crippen LogP contribution in [0.25, 0.3) is 0 Å². The van der Waals surface area contributed by atoms with Crippen LogP contribution >= 0.6 is 11.6 Å². The maximum atomic E-state index is 11.7. The summed E-state index contributed by atoms with van der Waals surface area (Å²) < 4.78 is 23.4. The Kier molecular flexibility index (Phi) is 5.38. The molecule has 0 bridgehead atoms. The predicted octanol–water partition coefficient (Wildman–Crippen LogP) is 1.85. The second kappa shape index (κ2) is 6.22. The maximum absolute atomic E-state index is 11.7. The van der Waals surface area contributed by atoms with Gasteiger partial charge in [0, 0.05) is 42.0 Å². The van der Waals surface area contributed by atoms with Crippen LogP contribution in [0.3, 0.4) is 0 Å². The molecule has 0 aromatic heterocycles. The van der Waals surface area contributed by atoms with Gasteiger partial charge in [0.15, 0.2) is 9.84 Å². The Morgan fingerprint density at radius 1 is 1.37 bits per heavy atom. The number of nitrogens with one attached hydrogen (secondary N) is 1. The van der Waals surface area contributed by atoms with Crippen molar-refractivity contribution in [3.05, 3.63) is 28.8 Å². The third kappa shape index (κ3) is 4.76. The summed E-state index contributed by atoms with van der Waals surface area (Å²) >= 11 is 6.07. The van der Waals surface area contributed by atoms with Gasteiger partial charge in [0.1, 0.15) is 0 Å². The first kappa shape index (κ1) is 16.4. The van der Waals surface area contributed by atoms with Crippen LogP contribution in [0.1, 0.15) is 19.4 Å². The Labute approximate surface area is 119 Å². The molecule has 108 valence electrons. The molecule has 0 saturated heterocycles. The van der Waals surface area contributed by atoms with Crippen molar-refractivity contribution >= 4 is 21.4 Å². The lowest BCUT2D eigenvalue weighted by atomic mass is 9.95. The quantitative estimate of drug-likeness (QED) is 0.842. The molecule has 0 saturated carbocycles. The van der Waals surface area contributed by atoms with Gasteiger partial charge in [-0.15, -0.1) is 0 Å². The number of aliphatic hydroxyl groups is 1. The Bertz CT molecular complexity index is 541. The molecule has 19 heavy (non-hydrogen) atoms. The van der Waals surface area contributed by atoms with Gasteiger partial charge in [-0.1, -0.05) is 31.5 Å². The van der Waals surface area contributed by atoms with E-state index in [0.717, 1.165) is 0 Å². The minimum atomic E-state index is -3.30. The van der Waals surface area contributed by atoms with Crippen LogP contribution in [-0.4, -0.2) is 32.9 Å². The van der Waals surface area contributed by atoms with Crippen molar-refractivity contribution in [3.8, 4) is 0 Å². The molecule has 1 aromatic rings. The normalized spacial score (nSPS) is 12.7. The molecule has 0 spiro atoms. The summed E-state index contributed by atoms with van der Waals surface area (Å²) in [5, 5.41) is 12.7. The topological polar surface area (TPSA) is 66.4 Å². The summed E-state index contributed by atoms with van der Waals surface area (Å²) in [5.41, 5.74) is 0.312. The first-order chi connectivity index (χ1) is 8.67. The number of halogens is 1. The third-order valence-corrected chi connectivity index (χ3v) is 4.34. The molecule has 4 nitrogen and oxygen atoms in total. The summed E-state index contributed by atoms with van der Waals surface area (Å²) in [5.74, 6) is 0. The van der Waals surface area contributed by atoms with Crippen LogP contribution in [0.15, 0.2) is 23.1 Å². The number of rotatable bonds is 6. The van der Waals surface area contributed by atoms with Gasteiger partial charge >= 0.3 is 0 Å². The molecule has 6 heteroatoms. The van der Waals surface area contributed by atoms with Crippen LogP contribution in [-0.2, 0) is 16.4 Å². The number of hydrogen-bond acceptors (Lipinski definition) is 4. The van der Waals surface area contributed by atoms with Gasteiger partial charge in [-0.2, -0.15) is 0 Å². The molecule has 0 radical (unpaired) electrons. The van der Waals surface area contributed by atoms with Crippen LogP contribution in [0.2, 0.25) is 5.02 Å². The molecule has 0 aliphatic carbocycles. The summed E-state index contributed by atoms with van der Waals surface area (Å²) in [4.78, 5) is 0.245. The zero-order valence-electron chi connectivity index (χ0n) is 11.4. The highest BCUT2D eigenvalue weighted by atomic mass is 35.5. The van der Waals surface area contributed by atoms with Crippen molar-refractivity contribution in [3.63, 3.8) is 0 Å². The highest BCUT2D eigenvalue weighted by molar-refractivity contribution is 7.90. The molecule has 2 N–H and O–H groups in total. The molecular formula is C13H20ClNO3S. The van der Waals surface area contributed by atoms with Gasteiger partial charge in [0.25, 0.3) is 0 Å². The van der Waals surface area contributed by atoms with E-state index in [1.165, 1.54) is 6.26 Å². The number of aliphatic hydroxyl groups excluding tert-OH is 1. The largest absolute Gasteiger partial charge is 0.396 e. The summed E-state index contributed by atoms with van der Waals surface area (Å²) in [6.45, 7) is 4.82. The van der Waals surface area contributed by atoms with Gasteiger partial charge < -0.3 is 10.4 Å². The Morgan fingerprint density at radius 3 is 2.53 bits per heavy atom. The van der Waals surface area contributed by atoms with E-state index < -0.39 is 9.84 Å². The Hall–Kier alpha value is -0.620. The monoisotopic (exact) mass is 305 g/mol. The minimum absolute atomic E-state index is 0.0570. The molecule has 0 amide bonds. The van der Waals surface area contributed by atoms with Crippen LogP contribution in [0, 0.1) is 5.41 Å². The molecule has 0 atom stereocenters. The van der Waals surface area contributed by atoms with Crippen molar-refractivity contribution in [1.29, 1.82) is 0 Å². The third-order valence-electron chi connectivity index (χ3n) is 2.81. The zero-order chi connectivity index (χ0) is 14.7. The molecular weight excluding hydrogens is 286 g/mol. The lowest BCUT2D eigenvalue weighted by molar-refractivity contribution is 0.156. The van der Waals surface area contributed by atoms with Crippen LogP contribution < -0.4 is 5.32 Å². The second-order valence-corrected chi connectivity index (χ2v) is 7.81. The van der Waals surface area contributed by atoms with Crippen molar-refractivity contribution in [2.75, 3.05) is 19.4 Å². The zero-order valence-corrected chi connectivity index (χ0v) is 13.0. The van der Waals surface area contributed by atoms with Crippen molar-refractivity contribution in [1.82, 2.24) is 5.32 Å². The molecule has 1 rings (SSSR count). The number of sulfone groups is 1. The fourth-order valence-corrected chi connectivity index (χ4v) is 2.89. The lowest BCUT2D eigenvalue weighted by Crippen LogP contribution is -2.32. The van der Waals surface area contributed by atoms with Gasteiger partial charge in [-0.25, -0.2) is 8.42 Å². The highest BCUT2D eigenvalue weighted by Gasteiger charge is 2.18. The molecule has 0 unspecified atom stereocenters. The molecule has 0 aliphatic rings. The predicted molar refractivity (Wildman–Crippen MR) is 77.1 cm³/mol. The lowest BCUT2D eigenvalue weighted by Gasteiger charge is -2.22. The van der Waals surface area contributed by atoms with Gasteiger partial charge in [0.2, 0.25) is 0 Å². The van der Waals surface area contributed by atoms with E-state index in [1.54, 1.807) is 18.2 Å². The standard InChI is InChI=1S/C13H20ClNO3S/c1-13(2,9-16)8-15-7-10-11(14)5-4-6-12(10)19(3,17)18/h4-6,15-16H,7-9H2,1-3H3. The number of benzene rings is 1. The van der Waals surface area contributed by atoms with E-state index >= 15 is 0 Å².